The molecule has 1 aliphatic carbocycles. The molecular formula is C22H28ClNO4. The van der Waals surface area contributed by atoms with Crippen LogP contribution < -0.4 is 0 Å². The monoisotopic (exact) mass is 405 g/mol. The lowest BCUT2D eigenvalue weighted by molar-refractivity contribution is -0.147. The first-order valence-electron chi connectivity index (χ1n) is 9.42. The highest BCUT2D eigenvalue weighted by Crippen LogP contribution is 2.39. The molecule has 0 saturated heterocycles. The Kier molecular flexibility index (Phi) is 7.21. The van der Waals surface area contributed by atoms with Crippen molar-refractivity contribution in [1.82, 2.24) is 4.90 Å². The standard InChI is InChI=1S/C22H28ClNO4/c1-6-14(2)11-15(3)7-8-16-12-17-18(13-24(16)9-10-25)20(26)22(4,28-5)21(27)19(17)23/h7-8,11-14,25H,6,9-10H2,1-5H3/b8-7+,15-11+/t14-,22+/m0/s1. The molecule has 1 aliphatic heterocycles. The number of halogens is 1. The van der Waals surface area contributed by atoms with Gasteiger partial charge >= 0.3 is 0 Å². The zero-order chi connectivity index (χ0) is 21.1. The Morgan fingerprint density at radius 3 is 2.64 bits per heavy atom. The van der Waals surface area contributed by atoms with Gasteiger partial charge in [0.2, 0.25) is 11.6 Å². The number of ketones is 2. The molecule has 152 valence electrons. The summed E-state index contributed by atoms with van der Waals surface area (Å²) in [5.74, 6) is -0.506. The SMILES string of the molecule is CC[C@H](C)/C=C(C)/C=C/C1=CC2=C(Cl)C(=O)[C@](C)(OC)C(=O)C2=CN1CCO. The van der Waals surface area contributed by atoms with E-state index in [1.807, 2.05) is 19.1 Å². The third-order valence-corrected chi connectivity index (χ3v) is 5.58. The fourth-order valence-corrected chi connectivity index (χ4v) is 3.47. The minimum atomic E-state index is -1.63. The van der Waals surface area contributed by atoms with Crippen molar-refractivity contribution in [2.75, 3.05) is 20.3 Å². The number of fused-ring (bicyclic) bond motifs is 1. The van der Waals surface area contributed by atoms with Crippen LogP contribution in [0.1, 0.15) is 34.1 Å². The predicted octanol–water partition coefficient (Wildman–Crippen LogP) is 3.66. The molecule has 1 heterocycles. The Labute approximate surface area is 171 Å². The molecule has 0 aromatic heterocycles. The van der Waals surface area contributed by atoms with Crippen LogP contribution in [0.5, 0.6) is 0 Å². The summed E-state index contributed by atoms with van der Waals surface area (Å²) in [6.07, 6.45) is 10.5. The van der Waals surface area contributed by atoms with Gasteiger partial charge in [0.15, 0.2) is 5.60 Å². The molecule has 0 fully saturated rings. The highest BCUT2D eigenvalue weighted by atomic mass is 35.5. The molecule has 0 saturated carbocycles. The van der Waals surface area contributed by atoms with Crippen LogP contribution in [-0.4, -0.2) is 47.4 Å². The van der Waals surface area contributed by atoms with E-state index in [1.165, 1.54) is 14.0 Å². The topological polar surface area (TPSA) is 66.8 Å². The highest BCUT2D eigenvalue weighted by molar-refractivity contribution is 6.49. The summed E-state index contributed by atoms with van der Waals surface area (Å²) in [6, 6.07) is 0. The Bertz CT molecular complexity index is 818. The van der Waals surface area contributed by atoms with Crippen LogP contribution in [-0.2, 0) is 14.3 Å². The lowest BCUT2D eigenvalue weighted by Crippen LogP contribution is -2.50. The Morgan fingerprint density at radius 1 is 1.39 bits per heavy atom. The molecular weight excluding hydrogens is 378 g/mol. The van der Waals surface area contributed by atoms with Gasteiger partial charge in [-0.25, -0.2) is 0 Å². The van der Waals surface area contributed by atoms with Crippen molar-refractivity contribution in [2.24, 2.45) is 5.92 Å². The van der Waals surface area contributed by atoms with Gasteiger partial charge in [-0.1, -0.05) is 49.6 Å². The fraction of sp³-hybridized carbons (Fsp3) is 0.455. The van der Waals surface area contributed by atoms with E-state index in [0.29, 0.717) is 23.6 Å². The Hall–Kier alpha value is -1.95. The van der Waals surface area contributed by atoms with Crippen LogP contribution in [0.2, 0.25) is 0 Å². The lowest BCUT2D eigenvalue weighted by atomic mass is 9.79. The number of carbonyl (C=O) groups excluding carboxylic acids is 2. The summed E-state index contributed by atoms with van der Waals surface area (Å²) >= 11 is 6.32. The molecule has 0 amide bonds. The quantitative estimate of drug-likeness (QED) is 0.517. The van der Waals surface area contributed by atoms with Crippen molar-refractivity contribution in [1.29, 1.82) is 0 Å². The third kappa shape index (κ3) is 4.22. The average molecular weight is 406 g/mol. The Morgan fingerprint density at radius 2 is 2.07 bits per heavy atom. The number of aliphatic hydroxyl groups is 1. The molecule has 2 rings (SSSR count). The van der Waals surface area contributed by atoms with Gasteiger partial charge in [-0.15, -0.1) is 0 Å². The maximum atomic E-state index is 12.9. The number of β-amino-alcohol motifs (C(OH)–C–C–N with tert-alkyl or cyclic N) is 1. The molecule has 1 N–H and O–H groups in total. The zero-order valence-electron chi connectivity index (χ0n) is 17.1. The van der Waals surface area contributed by atoms with E-state index >= 15 is 0 Å². The van der Waals surface area contributed by atoms with Crippen molar-refractivity contribution in [3.05, 3.63) is 58.0 Å². The fourth-order valence-electron chi connectivity index (χ4n) is 3.13. The number of ether oxygens (including phenoxy) is 1. The van der Waals surface area contributed by atoms with E-state index < -0.39 is 17.2 Å². The summed E-state index contributed by atoms with van der Waals surface area (Å²) in [7, 11) is 1.32. The van der Waals surface area contributed by atoms with E-state index in [1.54, 1.807) is 17.2 Å². The number of hydrogen-bond acceptors (Lipinski definition) is 5. The number of hydrogen-bond donors (Lipinski definition) is 1. The number of carbonyl (C=O) groups is 2. The van der Waals surface area contributed by atoms with E-state index in [4.69, 9.17) is 16.3 Å². The number of allylic oxidation sites excluding steroid dienone is 6. The molecule has 6 heteroatoms. The van der Waals surface area contributed by atoms with Gasteiger partial charge in [-0.2, -0.15) is 0 Å². The molecule has 0 aromatic carbocycles. The summed E-state index contributed by atoms with van der Waals surface area (Å²) in [6.45, 7) is 7.96. The molecule has 2 aliphatic rings. The van der Waals surface area contributed by atoms with E-state index in [9.17, 15) is 14.7 Å². The largest absolute Gasteiger partial charge is 0.395 e. The number of aliphatic hydroxyl groups excluding tert-OH is 1. The van der Waals surface area contributed by atoms with Gasteiger partial charge in [0.1, 0.15) is 0 Å². The second-order valence-corrected chi connectivity index (χ2v) is 7.66. The maximum absolute atomic E-state index is 12.9. The molecule has 28 heavy (non-hydrogen) atoms. The van der Waals surface area contributed by atoms with Crippen LogP contribution in [0.25, 0.3) is 0 Å². The van der Waals surface area contributed by atoms with Crippen molar-refractivity contribution in [2.45, 2.75) is 39.7 Å². The van der Waals surface area contributed by atoms with E-state index in [2.05, 4.69) is 19.9 Å². The van der Waals surface area contributed by atoms with Crippen LogP contribution >= 0.6 is 11.6 Å². The summed E-state index contributed by atoms with van der Waals surface area (Å²) < 4.78 is 5.20. The normalized spacial score (nSPS) is 24.5. The lowest BCUT2D eigenvalue weighted by Gasteiger charge is -2.35. The van der Waals surface area contributed by atoms with Gasteiger partial charge in [0.25, 0.3) is 0 Å². The molecule has 0 aromatic rings. The molecule has 2 atom stereocenters. The molecule has 0 radical (unpaired) electrons. The minimum absolute atomic E-state index is 0.0170. The van der Waals surface area contributed by atoms with Gasteiger partial charge in [0.05, 0.1) is 11.6 Å². The first-order valence-corrected chi connectivity index (χ1v) is 9.79. The second kappa shape index (κ2) is 9.03. The molecule has 0 unspecified atom stereocenters. The third-order valence-electron chi connectivity index (χ3n) is 5.20. The number of methoxy groups -OCH3 is 1. The van der Waals surface area contributed by atoms with Crippen molar-refractivity contribution >= 4 is 23.2 Å². The van der Waals surface area contributed by atoms with Gasteiger partial charge in [-0.3, -0.25) is 9.59 Å². The summed E-state index contributed by atoms with van der Waals surface area (Å²) in [5, 5.41) is 9.42. The van der Waals surface area contributed by atoms with Crippen LogP contribution in [0.15, 0.2) is 58.0 Å². The zero-order valence-corrected chi connectivity index (χ0v) is 17.8. The van der Waals surface area contributed by atoms with Crippen LogP contribution in [0.3, 0.4) is 0 Å². The van der Waals surface area contributed by atoms with Crippen molar-refractivity contribution < 1.29 is 19.4 Å². The van der Waals surface area contributed by atoms with Crippen LogP contribution in [0.4, 0.5) is 0 Å². The van der Waals surface area contributed by atoms with Crippen LogP contribution in [0, 0.1) is 5.92 Å². The van der Waals surface area contributed by atoms with Gasteiger partial charge in [-0.05, 0) is 31.9 Å². The minimum Gasteiger partial charge on any atom is -0.395 e. The Balaban J connectivity index is 2.50. The van der Waals surface area contributed by atoms with Crippen molar-refractivity contribution in [3.8, 4) is 0 Å². The summed E-state index contributed by atoms with van der Waals surface area (Å²) in [5.41, 5.74) is 0.921. The van der Waals surface area contributed by atoms with E-state index in [-0.39, 0.29) is 11.6 Å². The average Bonchev–Trinajstić information content (AvgIpc) is 2.69. The number of nitrogens with zero attached hydrogens (tertiary/aromatic N) is 1. The maximum Gasteiger partial charge on any atom is 0.214 e. The molecule has 5 nitrogen and oxygen atoms in total. The van der Waals surface area contributed by atoms with Crippen molar-refractivity contribution in [3.63, 3.8) is 0 Å². The molecule has 0 bridgehead atoms. The number of Topliss-reactive ketones (excluding diaryl/α,β-unsaturated/α-hetero) is 2. The smallest absolute Gasteiger partial charge is 0.214 e. The van der Waals surface area contributed by atoms with Gasteiger partial charge < -0.3 is 14.7 Å². The first-order chi connectivity index (χ1) is 13.2. The number of rotatable bonds is 7. The van der Waals surface area contributed by atoms with Gasteiger partial charge in [0, 0.05) is 36.7 Å². The molecule has 0 spiro atoms. The van der Waals surface area contributed by atoms with E-state index in [0.717, 1.165) is 17.7 Å². The predicted molar refractivity (Wildman–Crippen MR) is 111 cm³/mol. The first kappa shape index (κ1) is 22.3. The summed E-state index contributed by atoms with van der Waals surface area (Å²) in [4.78, 5) is 27.3. The highest BCUT2D eigenvalue weighted by Gasteiger charge is 2.49. The second-order valence-electron chi connectivity index (χ2n) is 7.28.